The molecule has 39 heavy (non-hydrogen) atoms. The minimum absolute atomic E-state index is 0.0534. The van der Waals surface area contributed by atoms with Crippen molar-refractivity contribution in [3.8, 4) is 11.3 Å². The summed E-state index contributed by atoms with van der Waals surface area (Å²) in [4.78, 5) is 48.8. The predicted molar refractivity (Wildman–Crippen MR) is 139 cm³/mol. The van der Waals surface area contributed by atoms with E-state index in [-0.39, 0.29) is 35.1 Å². The summed E-state index contributed by atoms with van der Waals surface area (Å²) in [5.41, 5.74) is 2.51. The molecule has 0 atom stereocenters. The van der Waals surface area contributed by atoms with Crippen molar-refractivity contribution in [3.05, 3.63) is 63.9 Å². The molecule has 1 saturated carbocycles. The average molecular weight is 529 g/mol. The molecule has 1 amide bonds. The molecule has 1 N–H and O–H groups in total. The summed E-state index contributed by atoms with van der Waals surface area (Å²) in [5, 5.41) is 15.8. The van der Waals surface area contributed by atoms with Gasteiger partial charge in [0.1, 0.15) is 5.52 Å². The monoisotopic (exact) mass is 528 g/mol. The third kappa shape index (κ3) is 4.08. The number of carbonyl (C=O) groups excluding carboxylic acids is 2. The molecule has 1 aromatic carbocycles. The van der Waals surface area contributed by atoms with Gasteiger partial charge in [0, 0.05) is 43.6 Å². The zero-order valence-corrected chi connectivity index (χ0v) is 21.6. The maximum absolute atomic E-state index is 13.4. The van der Waals surface area contributed by atoms with Crippen LogP contribution in [-0.2, 0) is 20.0 Å². The van der Waals surface area contributed by atoms with Crippen LogP contribution >= 0.6 is 0 Å². The Labute approximate surface area is 223 Å². The fourth-order valence-corrected chi connectivity index (χ4v) is 5.80. The maximum Gasteiger partial charge on any atom is 0.291 e. The molecule has 0 radical (unpaired) electrons. The molecule has 3 aromatic heterocycles. The Balaban J connectivity index is 1.09. The first kappa shape index (κ1) is 24.0. The number of likely N-dealkylation sites (tertiary alicyclic amines) is 1. The molecular weight excluding hydrogens is 500 g/mol. The van der Waals surface area contributed by atoms with Crippen molar-refractivity contribution in [2.24, 2.45) is 7.05 Å². The van der Waals surface area contributed by atoms with Crippen molar-refractivity contribution < 1.29 is 19.1 Å². The Morgan fingerprint density at radius 2 is 1.92 bits per heavy atom. The number of amides is 1. The van der Waals surface area contributed by atoms with Gasteiger partial charge in [-0.25, -0.2) is 9.97 Å². The SMILES string of the molecule is Cn1nc2c(=O)n(CC3(O)CCN(C(=O)c4cnc(C5CC5)o4)CC3)cnc2c1-c1ccc2c(c1)CCC2=O. The maximum atomic E-state index is 13.4. The van der Waals surface area contributed by atoms with E-state index in [0.29, 0.717) is 61.8 Å². The summed E-state index contributed by atoms with van der Waals surface area (Å²) in [6.07, 6.45) is 6.88. The number of hydrogen-bond acceptors (Lipinski definition) is 8. The van der Waals surface area contributed by atoms with E-state index in [1.54, 1.807) is 16.6 Å². The van der Waals surface area contributed by atoms with Crippen molar-refractivity contribution in [2.45, 2.75) is 56.6 Å². The number of carbonyl (C=O) groups is 2. The van der Waals surface area contributed by atoms with Crippen LogP contribution in [0, 0.1) is 0 Å². The zero-order chi connectivity index (χ0) is 26.9. The average Bonchev–Trinajstić information content (AvgIpc) is 3.38. The fourth-order valence-electron chi connectivity index (χ4n) is 5.80. The standard InChI is InChI=1S/C28H28N6O5/c1-32-24(18-4-6-19-17(12-18)5-7-20(19)35)22-23(31-32)27(37)34(15-30-22)14-28(38)8-10-33(11-9-28)26(36)21-13-29-25(39-21)16-2-3-16/h4,6,12-13,15-16,38H,2-3,5,7-11,14H2,1H3. The Bertz CT molecular complexity index is 1700. The van der Waals surface area contributed by atoms with Crippen LogP contribution in [0.1, 0.15) is 70.4 Å². The van der Waals surface area contributed by atoms with E-state index in [1.807, 2.05) is 18.2 Å². The highest BCUT2D eigenvalue weighted by molar-refractivity contribution is 6.01. The Morgan fingerprint density at radius 1 is 1.13 bits per heavy atom. The number of Topliss-reactive ketones (excluding diaryl/α,β-unsaturated/α-hetero) is 1. The lowest BCUT2D eigenvalue weighted by Gasteiger charge is -2.38. The summed E-state index contributed by atoms with van der Waals surface area (Å²) in [6.45, 7) is 0.735. The molecule has 4 aromatic rings. The van der Waals surface area contributed by atoms with Crippen molar-refractivity contribution in [1.82, 2.24) is 29.2 Å². The normalized spacial score (nSPS) is 18.6. The number of rotatable bonds is 5. The molecule has 200 valence electrons. The van der Waals surface area contributed by atoms with E-state index in [1.165, 1.54) is 17.1 Å². The van der Waals surface area contributed by atoms with E-state index in [9.17, 15) is 19.5 Å². The summed E-state index contributed by atoms with van der Waals surface area (Å²) in [5.74, 6) is 1.11. The molecular formula is C28H28N6O5. The van der Waals surface area contributed by atoms with Gasteiger partial charge in [-0.05, 0) is 43.7 Å². The van der Waals surface area contributed by atoms with E-state index in [2.05, 4.69) is 15.1 Å². The minimum Gasteiger partial charge on any atom is -0.435 e. The molecule has 0 unspecified atom stereocenters. The first-order valence-electron chi connectivity index (χ1n) is 13.4. The van der Waals surface area contributed by atoms with Crippen LogP contribution in [-0.4, -0.2) is 64.7 Å². The van der Waals surface area contributed by atoms with Gasteiger partial charge in [-0.1, -0.05) is 12.1 Å². The van der Waals surface area contributed by atoms with Gasteiger partial charge in [0.2, 0.25) is 5.76 Å². The second-order valence-electron chi connectivity index (χ2n) is 11.0. The van der Waals surface area contributed by atoms with Crippen LogP contribution in [0.2, 0.25) is 0 Å². The summed E-state index contributed by atoms with van der Waals surface area (Å²) in [7, 11) is 1.77. The molecule has 1 saturated heterocycles. The molecule has 0 spiro atoms. The van der Waals surface area contributed by atoms with E-state index in [0.717, 1.165) is 29.5 Å². The van der Waals surface area contributed by atoms with Crippen molar-refractivity contribution >= 4 is 22.7 Å². The van der Waals surface area contributed by atoms with Crippen LogP contribution in [0.4, 0.5) is 0 Å². The smallest absolute Gasteiger partial charge is 0.291 e. The number of aryl methyl sites for hydroxylation is 2. The highest BCUT2D eigenvalue weighted by Gasteiger charge is 2.37. The molecule has 7 rings (SSSR count). The van der Waals surface area contributed by atoms with Crippen molar-refractivity contribution in [3.63, 3.8) is 0 Å². The molecule has 3 aliphatic rings. The molecule has 2 fully saturated rings. The summed E-state index contributed by atoms with van der Waals surface area (Å²) in [6, 6.07) is 5.68. The van der Waals surface area contributed by atoms with E-state index < -0.39 is 5.60 Å². The summed E-state index contributed by atoms with van der Waals surface area (Å²) >= 11 is 0. The quantitative estimate of drug-likeness (QED) is 0.417. The second kappa shape index (κ2) is 8.70. The fraction of sp³-hybridized carbons (Fsp3) is 0.429. The Morgan fingerprint density at radius 3 is 2.69 bits per heavy atom. The number of aromatic nitrogens is 5. The van der Waals surface area contributed by atoms with E-state index >= 15 is 0 Å². The molecule has 2 aliphatic carbocycles. The summed E-state index contributed by atoms with van der Waals surface area (Å²) < 4.78 is 8.69. The van der Waals surface area contributed by atoms with Crippen LogP contribution in [0.5, 0.6) is 0 Å². The molecule has 0 bridgehead atoms. The van der Waals surface area contributed by atoms with Crippen LogP contribution in [0.15, 0.2) is 39.9 Å². The number of ketones is 1. The highest BCUT2D eigenvalue weighted by Crippen LogP contribution is 2.39. The van der Waals surface area contributed by atoms with Gasteiger partial charge in [0.25, 0.3) is 11.5 Å². The van der Waals surface area contributed by atoms with Gasteiger partial charge in [-0.3, -0.25) is 23.6 Å². The molecule has 11 nitrogen and oxygen atoms in total. The number of oxazole rings is 1. The van der Waals surface area contributed by atoms with Crippen molar-refractivity contribution in [1.29, 1.82) is 0 Å². The number of benzene rings is 1. The molecule has 11 heteroatoms. The lowest BCUT2D eigenvalue weighted by atomic mass is 9.91. The van der Waals surface area contributed by atoms with Crippen LogP contribution in [0.3, 0.4) is 0 Å². The van der Waals surface area contributed by atoms with Gasteiger partial charge >= 0.3 is 0 Å². The third-order valence-corrected chi connectivity index (χ3v) is 8.22. The van der Waals surface area contributed by atoms with E-state index in [4.69, 9.17) is 4.42 Å². The Kier molecular flexibility index (Phi) is 5.35. The molecule has 4 heterocycles. The number of aliphatic hydroxyl groups is 1. The van der Waals surface area contributed by atoms with Gasteiger partial charge in [-0.2, -0.15) is 5.10 Å². The first-order valence-corrected chi connectivity index (χ1v) is 13.4. The topological polar surface area (TPSA) is 136 Å². The minimum atomic E-state index is -1.17. The Hall–Kier alpha value is -4.12. The first-order chi connectivity index (χ1) is 18.8. The number of hydrogen-bond donors (Lipinski definition) is 1. The van der Waals surface area contributed by atoms with Gasteiger partial charge in [-0.15, -0.1) is 0 Å². The van der Waals surface area contributed by atoms with Gasteiger partial charge in [0.05, 0.1) is 30.4 Å². The molecule has 1 aliphatic heterocycles. The number of piperidine rings is 1. The lowest BCUT2D eigenvalue weighted by Crippen LogP contribution is -2.49. The lowest BCUT2D eigenvalue weighted by molar-refractivity contribution is -0.0305. The predicted octanol–water partition coefficient (Wildman–Crippen LogP) is 2.46. The largest absolute Gasteiger partial charge is 0.435 e. The number of nitrogens with zero attached hydrogens (tertiary/aromatic N) is 6. The number of fused-ring (bicyclic) bond motifs is 2. The van der Waals surface area contributed by atoms with Crippen molar-refractivity contribution in [2.75, 3.05) is 13.1 Å². The second-order valence-corrected chi connectivity index (χ2v) is 11.0. The zero-order valence-electron chi connectivity index (χ0n) is 21.6. The van der Waals surface area contributed by atoms with Crippen LogP contribution < -0.4 is 5.56 Å². The van der Waals surface area contributed by atoms with Crippen LogP contribution in [0.25, 0.3) is 22.3 Å². The van der Waals surface area contributed by atoms with Gasteiger partial charge in [0.15, 0.2) is 17.2 Å². The highest BCUT2D eigenvalue weighted by atomic mass is 16.4. The van der Waals surface area contributed by atoms with Gasteiger partial charge < -0.3 is 14.4 Å². The third-order valence-electron chi connectivity index (χ3n) is 8.22.